The number of methoxy groups -OCH3 is 1. The van der Waals surface area contributed by atoms with Crippen molar-refractivity contribution in [2.45, 2.75) is 32.7 Å². The van der Waals surface area contributed by atoms with Gasteiger partial charge in [-0.25, -0.2) is 4.79 Å². The molecule has 0 aliphatic heterocycles. The van der Waals surface area contributed by atoms with Gasteiger partial charge in [0.1, 0.15) is 5.76 Å². The number of aryl methyl sites for hydroxylation is 2. The number of halogens is 1. The lowest BCUT2D eigenvalue weighted by Crippen LogP contribution is -2.34. The van der Waals surface area contributed by atoms with Gasteiger partial charge in [0.25, 0.3) is 0 Å². The third kappa shape index (κ3) is 4.44. The molecule has 0 saturated carbocycles. The van der Waals surface area contributed by atoms with Crippen molar-refractivity contribution in [1.29, 1.82) is 0 Å². The molecule has 2 rings (SSSR count). The Bertz CT molecular complexity index is 705. The molecule has 0 spiro atoms. The molecule has 128 valence electrons. The van der Waals surface area contributed by atoms with E-state index >= 15 is 0 Å². The van der Waals surface area contributed by atoms with Gasteiger partial charge in [0.2, 0.25) is 5.91 Å². The fraction of sp³-hybridized carbons (Fsp3) is 0.353. The smallest absolute Gasteiger partial charge is 0.333 e. The van der Waals surface area contributed by atoms with Gasteiger partial charge >= 0.3 is 5.97 Å². The van der Waals surface area contributed by atoms with Crippen LogP contribution >= 0.6 is 15.9 Å². The minimum Gasteiger partial charge on any atom is -0.467 e. The summed E-state index contributed by atoms with van der Waals surface area (Å²) in [6.07, 6.45) is 0.730. The maximum Gasteiger partial charge on any atom is 0.333 e. The second-order valence-electron chi connectivity index (χ2n) is 5.38. The summed E-state index contributed by atoms with van der Waals surface area (Å²) >= 11 is 3.34. The SMILES string of the molecule is COC(=O)C(NC(=O)CCc1c(C)noc1C)c1ccc(Br)cc1. The number of aromatic nitrogens is 1. The van der Waals surface area contributed by atoms with E-state index in [-0.39, 0.29) is 12.3 Å². The normalized spacial score (nSPS) is 11.8. The molecule has 0 aliphatic rings. The summed E-state index contributed by atoms with van der Waals surface area (Å²) in [6.45, 7) is 3.65. The number of rotatable bonds is 6. The molecule has 1 amide bonds. The lowest BCUT2D eigenvalue weighted by Gasteiger charge is -2.17. The molecule has 1 aromatic carbocycles. The second-order valence-corrected chi connectivity index (χ2v) is 6.29. The van der Waals surface area contributed by atoms with Crippen molar-refractivity contribution in [3.63, 3.8) is 0 Å². The monoisotopic (exact) mass is 394 g/mol. The van der Waals surface area contributed by atoms with Crippen LogP contribution in [0, 0.1) is 13.8 Å². The van der Waals surface area contributed by atoms with E-state index in [0.29, 0.717) is 17.7 Å². The van der Waals surface area contributed by atoms with Crippen LogP contribution in [-0.4, -0.2) is 24.1 Å². The first-order valence-corrected chi connectivity index (χ1v) is 8.26. The van der Waals surface area contributed by atoms with Crippen molar-refractivity contribution in [2.75, 3.05) is 7.11 Å². The lowest BCUT2D eigenvalue weighted by atomic mass is 10.1. The van der Waals surface area contributed by atoms with Gasteiger partial charge in [-0.3, -0.25) is 4.79 Å². The number of esters is 1. The van der Waals surface area contributed by atoms with Gasteiger partial charge in [0.15, 0.2) is 6.04 Å². The third-order valence-corrected chi connectivity index (χ3v) is 4.26. The zero-order valence-electron chi connectivity index (χ0n) is 13.8. The van der Waals surface area contributed by atoms with Gasteiger partial charge in [-0.2, -0.15) is 0 Å². The summed E-state index contributed by atoms with van der Waals surface area (Å²) in [6, 6.07) is 6.31. The van der Waals surface area contributed by atoms with Crippen molar-refractivity contribution >= 4 is 27.8 Å². The van der Waals surface area contributed by atoms with E-state index in [9.17, 15) is 9.59 Å². The zero-order chi connectivity index (χ0) is 17.7. The Morgan fingerprint density at radius 2 is 1.96 bits per heavy atom. The van der Waals surface area contributed by atoms with Crippen LogP contribution in [0.15, 0.2) is 33.3 Å². The molecule has 0 radical (unpaired) electrons. The minimum atomic E-state index is -0.833. The fourth-order valence-electron chi connectivity index (χ4n) is 2.38. The molecular formula is C17H19BrN2O4. The first-order chi connectivity index (χ1) is 11.4. The number of hydrogen-bond acceptors (Lipinski definition) is 5. The van der Waals surface area contributed by atoms with Crippen LogP contribution in [0.1, 0.15) is 35.0 Å². The molecule has 0 fully saturated rings. The summed E-state index contributed by atoms with van der Waals surface area (Å²) in [5.74, 6) is -0.0472. The van der Waals surface area contributed by atoms with Crippen LogP contribution in [0.3, 0.4) is 0 Å². The van der Waals surface area contributed by atoms with E-state index in [2.05, 4.69) is 26.4 Å². The molecule has 1 unspecified atom stereocenters. The summed E-state index contributed by atoms with van der Waals surface area (Å²) in [7, 11) is 1.30. The minimum absolute atomic E-state index is 0.229. The highest BCUT2D eigenvalue weighted by atomic mass is 79.9. The fourth-order valence-corrected chi connectivity index (χ4v) is 2.65. The van der Waals surface area contributed by atoms with E-state index in [1.165, 1.54) is 7.11 Å². The van der Waals surface area contributed by atoms with E-state index in [1.807, 2.05) is 13.8 Å². The quantitative estimate of drug-likeness (QED) is 0.761. The molecule has 1 aromatic heterocycles. The molecule has 1 N–H and O–H groups in total. The predicted octanol–water partition coefficient (Wildman–Crippen LogP) is 3.02. The molecule has 6 nitrogen and oxygen atoms in total. The Morgan fingerprint density at radius 3 is 2.50 bits per heavy atom. The van der Waals surface area contributed by atoms with Crippen molar-refractivity contribution < 1.29 is 18.8 Å². The molecule has 0 saturated heterocycles. The van der Waals surface area contributed by atoms with Crippen molar-refractivity contribution in [3.8, 4) is 0 Å². The standard InChI is InChI=1S/C17H19BrN2O4/c1-10-14(11(2)24-20-10)8-9-15(21)19-16(17(22)23-3)12-4-6-13(18)7-5-12/h4-7,16H,8-9H2,1-3H3,(H,19,21). The highest BCUT2D eigenvalue weighted by molar-refractivity contribution is 9.10. The summed E-state index contributed by atoms with van der Waals surface area (Å²) in [5.41, 5.74) is 2.36. The van der Waals surface area contributed by atoms with Crippen molar-refractivity contribution in [1.82, 2.24) is 10.5 Å². The van der Waals surface area contributed by atoms with Gasteiger partial charge in [-0.1, -0.05) is 33.2 Å². The average Bonchev–Trinajstić information content (AvgIpc) is 2.89. The van der Waals surface area contributed by atoms with Crippen LogP contribution in [0.5, 0.6) is 0 Å². The first kappa shape index (κ1) is 18.2. The highest BCUT2D eigenvalue weighted by Crippen LogP contribution is 2.19. The topological polar surface area (TPSA) is 81.4 Å². The van der Waals surface area contributed by atoms with Crippen LogP contribution in [0.2, 0.25) is 0 Å². The highest BCUT2D eigenvalue weighted by Gasteiger charge is 2.23. The summed E-state index contributed by atoms with van der Waals surface area (Å²) in [4.78, 5) is 24.3. The zero-order valence-corrected chi connectivity index (χ0v) is 15.3. The molecule has 0 aliphatic carbocycles. The molecule has 24 heavy (non-hydrogen) atoms. The number of ether oxygens (including phenoxy) is 1. The Labute approximate surface area is 148 Å². The summed E-state index contributed by atoms with van der Waals surface area (Å²) in [5, 5.41) is 6.59. The molecule has 0 bridgehead atoms. The second kappa shape index (κ2) is 8.10. The van der Waals surface area contributed by atoms with Gasteiger partial charge in [0.05, 0.1) is 12.8 Å². The Morgan fingerprint density at radius 1 is 1.29 bits per heavy atom. The number of nitrogens with zero attached hydrogens (tertiary/aromatic N) is 1. The number of carbonyl (C=O) groups is 2. The Hall–Kier alpha value is -2.15. The first-order valence-electron chi connectivity index (χ1n) is 7.46. The number of nitrogens with one attached hydrogen (secondary N) is 1. The predicted molar refractivity (Wildman–Crippen MR) is 91.3 cm³/mol. The summed E-state index contributed by atoms with van der Waals surface area (Å²) < 4.78 is 10.8. The van der Waals surface area contributed by atoms with Crippen LogP contribution in [0.25, 0.3) is 0 Å². The van der Waals surface area contributed by atoms with Gasteiger partial charge in [0, 0.05) is 16.5 Å². The van der Waals surface area contributed by atoms with Crippen LogP contribution < -0.4 is 5.32 Å². The van der Waals surface area contributed by atoms with Crippen LogP contribution in [0.4, 0.5) is 0 Å². The third-order valence-electron chi connectivity index (χ3n) is 3.73. The van der Waals surface area contributed by atoms with E-state index in [0.717, 1.165) is 15.7 Å². The largest absolute Gasteiger partial charge is 0.467 e. The number of hydrogen-bond donors (Lipinski definition) is 1. The van der Waals surface area contributed by atoms with Crippen molar-refractivity contribution in [3.05, 3.63) is 51.3 Å². The maximum absolute atomic E-state index is 12.3. The Balaban J connectivity index is 2.05. The molecule has 7 heteroatoms. The van der Waals surface area contributed by atoms with Crippen LogP contribution in [-0.2, 0) is 20.7 Å². The maximum atomic E-state index is 12.3. The van der Waals surface area contributed by atoms with E-state index in [4.69, 9.17) is 9.26 Å². The van der Waals surface area contributed by atoms with Gasteiger partial charge in [-0.05, 0) is 38.0 Å². The van der Waals surface area contributed by atoms with E-state index in [1.54, 1.807) is 24.3 Å². The van der Waals surface area contributed by atoms with E-state index < -0.39 is 12.0 Å². The molecule has 1 heterocycles. The Kier molecular flexibility index (Phi) is 6.14. The molecule has 1 atom stereocenters. The van der Waals surface area contributed by atoms with Crippen molar-refractivity contribution in [2.24, 2.45) is 0 Å². The van der Waals surface area contributed by atoms with Gasteiger partial charge in [-0.15, -0.1) is 0 Å². The number of amides is 1. The lowest BCUT2D eigenvalue weighted by molar-refractivity contribution is -0.145. The average molecular weight is 395 g/mol. The number of benzene rings is 1. The number of carbonyl (C=O) groups excluding carboxylic acids is 2. The molecular weight excluding hydrogens is 376 g/mol. The van der Waals surface area contributed by atoms with Gasteiger partial charge < -0.3 is 14.6 Å². The molecule has 2 aromatic rings.